The summed E-state index contributed by atoms with van der Waals surface area (Å²) in [6.07, 6.45) is 2.27. The van der Waals surface area contributed by atoms with Crippen LogP contribution in [0, 0.1) is 0 Å². The Kier molecular flexibility index (Phi) is 9.18. The number of phosphoric ester groups is 1. The highest BCUT2D eigenvalue weighted by Crippen LogP contribution is 2.50. The molecule has 0 aliphatic rings. The van der Waals surface area contributed by atoms with Crippen molar-refractivity contribution in [1.29, 1.82) is 0 Å². The number of phosphoric acid groups is 1. The molecule has 1 unspecified atom stereocenters. The van der Waals surface area contributed by atoms with Gasteiger partial charge >= 0.3 is 7.82 Å². The fraction of sp³-hybridized carbons (Fsp3) is 1.00. The third kappa shape index (κ3) is 8.25. The summed E-state index contributed by atoms with van der Waals surface area (Å²) in [6.45, 7) is 6.00. The molecule has 0 rings (SSSR count). The molecule has 0 saturated carbocycles. The van der Waals surface area contributed by atoms with Crippen LogP contribution in [0.3, 0.4) is 0 Å². The SMILES string of the molecule is CCCCOP(=O)(OCCCC)OC(C)O. The molecule has 0 aliphatic carbocycles. The van der Waals surface area contributed by atoms with Gasteiger partial charge in [-0.15, -0.1) is 0 Å². The van der Waals surface area contributed by atoms with Crippen LogP contribution in [-0.4, -0.2) is 24.6 Å². The second-order valence-electron chi connectivity index (χ2n) is 3.53. The number of hydrogen-bond donors (Lipinski definition) is 1. The minimum atomic E-state index is -3.58. The lowest BCUT2D eigenvalue weighted by molar-refractivity contribution is -0.0351. The van der Waals surface area contributed by atoms with Crippen LogP contribution in [0.15, 0.2) is 0 Å². The molecule has 0 aromatic carbocycles. The first-order valence-corrected chi connectivity index (χ1v) is 7.25. The predicted molar refractivity (Wildman–Crippen MR) is 62.1 cm³/mol. The zero-order chi connectivity index (χ0) is 12.4. The summed E-state index contributed by atoms with van der Waals surface area (Å²) in [7, 11) is -3.58. The van der Waals surface area contributed by atoms with E-state index in [0.29, 0.717) is 13.2 Å². The van der Waals surface area contributed by atoms with Gasteiger partial charge in [0.25, 0.3) is 0 Å². The van der Waals surface area contributed by atoms with Gasteiger partial charge in [0.2, 0.25) is 0 Å². The minimum absolute atomic E-state index is 0.312. The fourth-order valence-electron chi connectivity index (χ4n) is 0.926. The molecule has 0 aromatic heterocycles. The van der Waals surface area contributed by atoms with Crippen LogP contribution < -0.4 is 0 Å². The molecular weight excluding hydrogens is 231 g/mol. The molecule has 1 atom stereocenters. The average Bonchev–Trinajstić information content (AvgIpc) is 2.17. The zero-order valence-electron chi connectivity index (χ0n) is 10.3. The number of aliphatic hydroxyl groups is 1. The second kappa shape index (κ2) is 9.14. The van der Waals surface area contributed by atoms with E-state index in [9.17, 15) is 4.57 Å². The Labute approximate surface area is 97.7 Å². The van der Waals surface area contributed by atoms with Crippen molar-refractivity contribution < 1.29 is 23.2 Å². The van der Waals surface area contributed by atoms with E-state index in [-0.39, 0.29) is 0 Å². The van der Waals surface area contributed by atoms with E-state index in [2.05, 4.69) is 0 Å². The topological polar surface area (TPSA) is 65.0 Å². The van der Waals surface area contributed by atoms with Crippen LogP contribution in [0.1, 0.15) is 46.5 Å². The van der Waals surface area contributed by atoms with Crippen LogP contribution in [0.5, 0.6) is 0 Å². The van der Waals surface area contributed by atoms with Crippen LogP contribution in [0.2, 0.25) is 0 Å². The monoisotopic (exact) mass is 254 g/mol. The summed E-state index contributed by atoms with van der Waals surface area (Å²) in [5, 5.41) is 9.05. The minimum Gasteiger partial charge on any atom is -0.368 e. The third-order valence-corrected chi connectivity index (χ3v) is 3.34. The van der Waals surface area contributed by atoms with Crippen molar-refractivity contribution >= 4 is 7.82 Å². The van der Waals surface area contributed by atoms with E-state index in [4.69, 9.17) is 18.7 Å². The molecule has 16 heavy (non-hydrogen) atoms. The van der Waals surface area contributed by atoms with E-state index >= 15 is 0 Å². The molecule has 0 aromatic rings. The summed E-state index contributed by atoms with van der Waals surface area (Å²) in [4.78, 5) is 0. The van der Waals surface area contributed by atoms with Crippen molar-refractivity contribution in [2.75, 3.05) is 13.2 Å². The molecule has 0 bridgehead atoms. The Morgan fingerprint density at radius 1 is 1.12 bits per heavy atom. The molecule has 5 nitrogen and oxygen atoms in total. The molecule has 98 valence electrons. The molecule has 0 spiro atoms. The van der Waals surface area contributed by atoms with Crippen molar-refractivity contribution in [2.45, 2.75) is 52.7 Å². The lowest BCUT2D eigenvalue weighted by atomic mass is 10.4. The molecule has 0 saturated heterocycles. The van der Waals surface area contributed by atoms with Gasteiger partial charge < -0.3 is 5.11 Å². The highest BCUT2D eigenvalue weighted by Gasteiger charge is 2.28. The molecule has 0 radical (unpaired) electrons. The third-order valence-electron chi connectivity index (χ3n) is 1.78. The number of hydrogen-bond acceptors (Lipinski definition) is 5. The maximum Gasteiger partial charge on any atom is 0.477 e. The van der Waals surface area contributed by atoms with Gasteiger partial charge in [0, 0.05) is 0 Å². The Morgan fingerprint density at radius 2 is 1.56 bits per heavy atom. The summed E-state index contributed by atoms with van der Waals surface area (Å²) in [5.41, 5.74) is 0. The lowest BCUT2D eigenvalue weighted by Crippen LogP contribution is -2.09. The van der Waals surface area contributed by atoms with Crippen LogP contribution in [-0.2, 0) is 18.1 Å². The van der Waals surface area contributed by atoms with Crippen LogP contribution in [0.25, 0.3) is 0 Å². The molecule has 0 fully saturated rings. The van der Waals surface area contributed by atoms with Gasteiger partial charge in [-0.3, -0.25) is 13.6 Å². The first-order chi connectivity index (χ1) is 7.54. The normalized spacial score (nSPS) is 14.0. The first-order valence-electron chi connectivity index (χ1n) is 5.79. The highest BCUT2D eigenvalue weighted by molar-refractivity contribution is 7.48. The van der Waals surface area contributed by atoms with E-state index in [1.54, 1.807) is 0 Å². The van der Waals surface area contributed by atoms with Gasteiger partial charge in [0.15, 0.2) is 6.29 Å². The van der Waals surface area contributed by atoms with Gasteiger partial charge in [0.05, 0.1) is 13.2 Å². The van der Waals surface area contributed by atoms with E-state index < -0.39 is 14.1 Å². The summed E-state index contributed by atoms with van der Waals surface area (Å²) in [5.74, 6) is 0. The lowest BCUT2D eigenvalue weighted by Gasteiger charge is -2.19. The Morgan fingerprint density at radius 3 is 1.88 bits per heavy atom. The summed E-state index contributed by atoms with van der Waals surface area (Å²) in [6, 6.07) is 0. The average molecular weight is 254 g/mol. The molecular formula is C10H23O5P. The van der Waals surface area contributed by atoms with E-state index in [0.717, 1.165) is 25.7 Å². The summed E-state index contributed by atoms with van der Waals surface area (Å²) >= 11 is 0. The second-order valence-corrected chi connectivity index (χ2v) is 5.15. The Bertz CT molecular complexity index is 193. The Balaban J connectivity index is 4.08. The molecule has 0 amide bonds. The predicted octanol–water partition coefficient (Wildman–Crippen LogP) is 3.08. The molecule has 0 aliphatic heterocycles. The largest absolute Gasteiger partial charge is 0.477 e. The van der Waals surface area contributed by atoms with Crippen molar-refractivity contribution in [3.63, 3.8) is 0 Å². The van der Waals surface area contributed by atoms with Crippen molar-refractivity contribution in [2.24, 2.45) is 0 Å². The maximum absolute atomic E-state index is 11.9. The fourth-order valence-corrected chi connectivity index (χ4v) is 2.20. The van der Waals surface area contributed by atoms with Crippen LogP contribution >= 0.6 is 7.82 Å². The smallest absolute Gasteiger partial charge is 0.368 e. The standard InChI is InChI=1S/C10H23O5P/c1-4-6-8-13-16(12,15-10(3)11)14-9-7-5-2/h10-11H,4-9H2,1-3H3. The van der Waals surface area contributed by atoms with E-state index in [1.165, 1.54) is 6.92 Å². The molecule has 0 heterocycles. The van der Waals surface area contributed by atoms with Crippen molar-refractivity contribution in [3.8, 4) is 0 Å². The highest BCUT2D eigenvalue weighted by atomic mass is 31.2. The van der Waals surface area contributed by atoms with Gasteiger partial charge in [-0.2, -0.15) is 0 Å². The molecule has 1 N–H and O–H groups in total. The first kappa shape index (κ1) is 16.1. The van der Waals surface area contributed by atoms with Gasteiger partial charge in [-0.1, -0.05) is 26.7 Å². The van der Waals surface area contributed by atoms with Crippen molar-refractivity contribution in [1.82, 2.24) is 0 Å². The maximum atomic E-state index is 11.9. The number of rotatable bonds is 10. The Hall–Kier alpha value is 0.0700. The zero-order valence-corrected chi connectivity index (χ0v) is 11.2. The van der Waals surface area contributed by atoms with Crippen molar-refractivity contribution in [3.05, 3.63) is 0 Å². The number of aliphatic hydroxyl groups excluding tert-OH is 1. The summed E-state index contributed by atoms with van der Waals surface area (Å²) < 4.78 is 26.9. The molecule has 6 heteroatoms. The van der Waals surface area contributed by atoms with Gasteiger partial charge in [-0.05, 0) is 19.8 Å². The quantitative estimate of drug-likeness (QED) is 0.368. The van der Waals surface area contributed by atoms with E-state index in [1.807, 2.05) is 13.8 Å². The van der Waals surface area contributed by atoms with Crippen LogP contribution in [0.4, 0.5) is 0 Å². The van der Waals surface area contributed by atoms with Gasteiger partial charge in [-0.25, -0.2) is 4.57 Å². The van der Waals surface area contributed by atoms with Gasteiger partial charge in [0.1, 0.15) is 0 Å². The number of unbranched alkanes of at least 4 members (excludes halogenated alkanes) is 2.